The lowest BCUT2D eigenvalue weighted by Crippen LogP contribution is -2.28. The van der Waals surface area contributed by atoms with Crippen LogP contribution in [-0.4, -0.2) is 75.0 Å². The molecule has 0 aliphatic rings. The number of rotatable bonds is 47. The van der Waals surface area contributed by atoms with E-state index in [1.54, 1.807) is 0 Å². The van der Waals surface area contributed by atoms with Gasteiger partial charge in [-0.25, -0.2) is 0 Å². The van der Waals surface area contributed by atoms with Crippen LogP contribution in [0.2, 0.25) is 0 Å². The van der Waals surface area contributed by atoms with Crippen LogP contribution < -0.4 is 10.6 Å². The highest BCUT2D eigenvalue weighted by Gasteiger charge is 2.04. The normalized spacial score (nSPS) is 11.5. The predicted molar refractivity (Wildman–Crippen MR) is 277 cm³/mol. The monoisotopic (exact) mass is 975 g/mol. The maximum Gasteiger partial charge on any atom is 0.219 e. The summed E-state index contributed by atoms with van der Waals surface area (Å²) in [6, 6.07) is 0. The Morgan fingerprint density at radius 2 is 0.617 bits per heavy atom. The second kappa shape index (κ2) is 54.4. The van der Waals surface area contributed by atoms with Crippen molar-refractivity contribution < 1.29 is 9.59 Å². The highest BCUT2D eigenvalue weighted by Crippen LogP contribution is 2.12. The zero-order valence-corrected chi connectivity index (χ0v) is 44.0. The third-order valence-corrected chi connectivity index (χ3v) is 11.7. The highest BCUT2D eigenvalue weighted by atomic mass is 79.9. The van der Waals surface area contributed by atoms with E-state index in [-0.39, 0.29) is 45.8 Å². The Balaban J connectivity index is -0.0000162. The second-order valence-electron chi connectivity index (χ2n) is 17.8. The molecule has 0 aromatic carbocycles. The Bertz CT molecular complexity index is 918. The minimum absolute atomic E-state index is 0. The van der Waals surface area contributed by atoms with Gasteiger partial charge in [-0.2, -0.15) is 0 Å². The average Bonchev–Trinajstić information content (AvgIpc) is 3.21. The molecule has 0 unspecified atom stereocenters. The molecule has 358 valence electrons. The number of carbonyl (C=O) groups excluding carboxylic acids is 2. The van der Waals surface area contributed by atoms with Crippen LogP contribution in [0.4, 0.5) is 0 Å². The van der Waals surface area contributed by atoms with Crippen LogP contribution in [-0.2, 0) is 9.59 Å². The van der Waals surface area contributed by atoms with Crippen LogP contribution in [0.1, 0.15) is 245 Å². The van der Waals surface area contributed by atoms with Crippen molar-refractivity contribution in [3.8, 4) is 0 Å². The maximum absolute atomic E-state index is 12.2. The van der Waals surface area contributed by atoms with Crippen molar-refractivity contribution in [2.24, 2.45) is 0 Å². The van der Waals surface area contributed by atoms with Crippen molar-refractivity contribution in [1.82, 2.24) is 20.4 Å². The molecule has 0 aromatic rings. The van der Waals surface area contributed by atoms with Crippen LogP contribution in [0.3, 0.4) is 0 Å². The Morgan fingerprint density at radius 3 is 0.983 bits per heavy atom. The molecule has 0 fully saturated rings. The SMILES string of the molecule is Br.Br.CCCCCCCC/C=C\CCCCCCCC(=O)NCCCCN(C)CCCCCCCN(C)CCCNC(=O)CCCCCCC/C=C\CCCCCCCC. The lowest BCUT2D eigenvalue weighted by molar-refractivity contribution is -0.122. The molecule has 8 heteroatoms. The molecule has 0 atom stereocenters. The molecule has 0 bridgehead atoms. The van der Waals surface area contributed by atoms with Crippen molar-refractivity contribution in [3.05, 3.63) is 24.3 Å². The van der Waals surface area contributed by atoms with Crippen LogP contribution in [0.5, 0.6) is 0 Å². The lowest BCUT2D eigenvalue weighted by Gasteiger charge is -2.17. The van der Waals surface area contributed by atoms with Gasteiger partial charge in [-0.05, 0) is 137 Å². The minimum atomic E-state index is 0. The number of carbonyl (C=O) groups is 2. The quantitative estimate of drug-likeness (QED) is 0.0471. The Kier molecular flexibility index (Phi) is 57.7. The number of halogens is 2. The molecule has 0 heterocycles. The predicted octanol–water partition coefficient (Wildman–Crippen LogP) is 15.4. The van der Waals surface area contributed by atoms with Crippen LogP contribution >= 0.6 is 34.0 Å². The van der Waals surface area contributed by atoms with Gasteiger partial charge in [0.2, 0.25) is 11.8 Å². The van der Waals surface area contributed by atoms with Crippen LogP contribution in [0.25, 0.3) is 0 Å². The van der Waals surface area contributed by atoms with Gasteiger partial charge in [0.05, 0.1) is 0 Å². The first-order valence-electron chi connectivity index (χ1n) is 25.7. The standard InChI is InChI=1S/C52H102N4O2.2BrH/c1-5-7-9-11-13-15-17-19-21-23-25-27-29-32-36-43-51(57)53-45-38-41-49-55(3)47-39-34-31-35-40-48-56(4)50-42-46-54-52(58)44-37-33-30-28-26-24-22-20-18-16-14-12-10-8-6-2;;/h19-22H,5-18,23-50H2,1-4H3,(H,53,57)(H,54,58);2*1H/b21-19-,22-20-;;. The second-order valence-corrected chi connectivity index (χ2v) is 17.8. The summed E-state index contributed by atoms with van der Waals surface area (Å²) in [5, 5.41) is 6.27. The number of hydrogen-bond acceptors (Lipinski definition) is 4. The van der Waals surface area contributed by atoms with Crippen molar-refractivity contribution in [2.75, 3.05) is 53.4 Å². The van der Waals surface area contributed by atoms with E-state index in [9.17, 15) is 9.59 Å². The smallest absolute Gasteiger partial charge is 0.219 e. The fourth-order valence-electron chi connectivity index (χ4n) is 7.72. The van der Waals surface area contributed by atoms with Gasteiger partial charge in [0, 0.05) is 25.9 Å². The summed E-state index contributed by atoms with van der Waals surface area (Å²) in [6.07, 6.45) is 54.2. The minimum Gasteiger partial charge on any atom is -0.356 e. The number of hydrogen-bond donors (Lipinski definition) is 2. The van der Waals surface area contributed by atoms with E-state index in [0.717, 1.165) is 64.8 Å². The topological polar surface area (TPSA) is 64.7 Å². The molecule has 0 aromatic heterocycles. The van der Waals surface area contributed by atoms with Crippen molar-refractivity contribution in [1.29, 1.82) is 0 Å². The molecule has 2 N–H and O–H groups in total. The fourth-order valence-corrected chi connectivity index (χ4v) is 7.72. The highest BCUT2D eigenvalue weighted by molar-refractivity contribution is 8.93. The van der Waals surface area contributed by atoms with Crippen LogP contribution in [0, 0.1) is 0 Å². The fraction of sp³-hybridized carbons (Fsp3) is 0.885. The number of nitrogens with one attached hydrogen (secondary N) is 2. The third kappa shape index (κ3) is 53.4. The first-order valence-corrected chi connectivity index (χ1v) is 25.7. The van der Waals surface area contributed by atoms with Gasteiger partial charge in [0.1, 0.15) is 0 Å². The number of nitrogens with zero attached hydrogens (tertiary/aromatic N) is 2. The van der Waals surface area contributed by atoms with E-state index in [1.807, 2.05) is 0 Å². The van der Waals surface area contributed by atoms with Gasteiger partial charge in [-0.15, -0.1) is 34.0 Å². The molecule has 0 saturated heterocycles. The zero-order valence-electron chi connectivity index (χ0n) is 40.5. The Hall–Kier alpha value is -0.700. The maximum atomic E-state index is 12.2. The van der Waals surface area contributed by atoms with Gasteiger partial charge in [0.15, 0.2) is 0 Å². The van der Waals surface area contributed by atoms with E-state index < -0.39 is 0 Å². The van der Waals surface area contributed by atoms with Gasteiger partial charge in [-0.3, -0.25) is 9.59 Å². The van der Waals surface area contributed by atoms with Gasteiger partial charge in [0.25, 0.3) is 0 Å². The van der Waals surface area contributed by atoms with E-state index in [4.69, 9.17) is 0 Å². The molecule has 0 spiro atoms. The van der Waals surface area contributed by atoms with E-state index >= 15 is 0 Å². The largest absolute Gasteiger partial charge is 0.356 e. The lowest BCUT2D eigenvalue weighted by atomic mass is 10.1. The molecule has 0 rings (SSSR count). The molecule has 0 radical (unpaired) electrons. The first-order chi connectivity index (χ1) is 28.5. The molecular weight excluding hydrogens is 872 g/mol. The molecular formula is C52H104Br2N4O2. The third-order valence-electron chi connectivity index (χ3n) is 11.7. The van der Waals surface area contributed by atoms with Crippen LogP contribution in [0.15, 0.2) is 24.3 Å². The zero-order chi connectivity index (χ0) is 42.3. The van der Waals surface area contributed by atoms with E-state index in [1.165, 1.54) is 193 Å². The number of amides is 2. The Labute approximate surface area is 396 Å². The Morgan fingerprint density at radius 1 is 0.350 bits per heavy atom. The summed E-state index contributed by atoms with van der Waals surface area (Å²) >= 11 is 0. The molecule has 2 amide bonds. The van der Waals surface area contributed by atoms with Crippen molar-refractivity contribution in [3.63, 3.8) is 0 Å². The summed E-state index contributed by atoms with van der Waals surface area (Å²) in [4.78, 5) is 29.3. The van der Waals surface area contributed by atoms with Gasteiger partial charge < -0.3 is 20.4 Å². The summed E-state index contributed by atoms with van der Waals surface area (Å²) in [7, 11) is 4.45. The summed E-state index contributed by atoms with van der Waals surface area (Å²) in [5.41, 5.74) is 0. The summed E-state index contributed by atoms with van der Waals surface area (Å²) in [5.74, 6) is 0.467. The molecule has 0 aliphatic carbocycles. The molecule has 0 saturated carbocycles. The van der Waals surface area contributed by atoms with Crippen molar-refractivity contribution in [2.45, 2.75) is 245 Å². The summed E-state index contributed by atoms with van der Waals surface area (Å²) < 4.78 is 0. The average molecular weight is 977 g/mol. The molecule has 6 nitrogen and oxygen atoms in total. The molecule has 0 aliphatic heterocycles. The molecule has 60 heavy (non-hydrogen) atoms. The summed E-state index contributed by atoms with van der Waals surface area (Å²) in [6.45, 7) is 10.7. The van der Waals surface area contributed by atoms with E-state index in [2.05, 4.69) is 72.7 Å². The number of allylic oxidation sites excluding steroid dienone is 4. The number of unbranched alkanes of at least 4 members (excludes halogenated alkanes) is 27. The first kappa shape index (κ1) is 63.6. The van der Waals surface area contributed by atoms with Crippen molar-refractivity contribution >= 4 is 45.8 Å². The van der Waals surface area contributed by atoms with E-state index in [0.29, 0.717) is 12.8 Å². The van der Waals surface area contributed by atoms with Gasteiger partial charge in [-0.1, -0.05) is 160 Å². The van der Waals surface area contributed by atoms with Gasteiger partial charge >= 0.3 is 0 Å².